The Morgan fingerprint density at radius 1 is 1.16 bits per heavy atom. The number of aliphatic hydroxyl groups excluding tert-OH is 1. The van der Waals surface area contributed by atoms with Crippen molar-refractivity contribution in [2.45, 2.75) is 37.8 Å². The Balaban J connectivity index is 1.92. The van der Waals surface area contributed by atoms with Gasteiger partial charge in [-0.3, -0.25) is 5.32 Å². The highest BCUT2D eigenvalue weighted by Gasteiger charge is 2.41. The molecule has 0 bridgehead atoms. The van der Waals surface area contributed by atoms with Crippen LogP contribution in [0.3, 0.4) is 0 Å². The highest BCUT2D eigenvalue weighted by molar-refractivity contribution is 5.66. The first-order valence-corrected chi connectivity index (χ1v) is 8.32. The molecule has 0 unspecified atom stereocenters. The van der Waals surface area contributed by atoms with E-state index in [2.05, 4.69) is 11.4 Å². The molecule has 5 heteroatoms. The van der Waals surface area contributed by atoms with Crippen LogP contribution in [0.15, 0.2) is 36.4 Å². The molecule has 1 fully saturated rings. The highest BCUT2D eigenvalue weighted by Crippen LogP contribution is 2.34. The Hall–Kier alpha value is -2.29. The third-order valence-electron chi connectivity index (χ3n) is 4.84. The summed E-state index contributed by atoms with van der Waals surface area (Å²) in [6.07, 6.45) is 0. The quantitative estimate of drug-likeness (QED) is 0.891. The molecule has 0 spiro atoms. The fraction of sp³-hybridized carbons (Fsp3) is 0.350. The van der Waals surface area contributed by atoms with Crippen molar-refractivity contribution in [1.82, 2.24) is 5.32 Å². The Labute approximate surface area is 145 Å². The molecule has 2 aromatic carbocycles. The number of aliphatic hydroxyl groups is 1. The molecule has 0 aliphatic carbocycles. The maximum atomic E-state index is 14.4. The van der Waals surface area contributed by atoms with Crippen molar-refractivity contribution in [3.63, 3.8) is 0 Å². The SMILES string of the molecule is CC(C)c1cc(F)c(-c2ccc([C@H]3[C@H](C#N)N[C@H]3CO)cc2)c(F)c1. The zero-order valence-corrected chi connectivity index (χ0v) is 14.1. The summed E-state index contributed by atoms with van der Waals surface area (Å²) in [5.74, 6) is -1.23. The predicted molar refractivity (Wildman–Crippen MR) is 92.0 cm³/mol. The lowest BCUT2D eigenvalue weighted by atomic mass is 9.78. The first-order chi connectivity index (χ1) is 12.0. The van der Waals surface area contributed by atoms with Gasteiger partial charge in [-0.1, -0.05) is 38.1 Å². The van der Waals surface area contributed by atoms with Crippen molar-refractivity contribution >= 4 is 0 Å². The van der Waals surface area contributed by atoms with E-state index in [-0.39, 0.29) is 36.1 Å². The van der Waals surface area contributed by atoms with E-state index in [4.69, 9.17) is 5.26 Å². The largest absolute Gasteiger partial charge is 0.395 e. The van der Waals surface area contributed by atoms with Crippen molar-refractivity contribution in [2.75, 3.05) is 6.61 Å². The minimum atomic E-state index is -0.579. The molecule has 0 saturated carbocycles. The van der Waals surface area contributed by atoms with E-state index < -0.39 is 11.6 Å². The number of nitrogens with one attached hydrogen (secondary N) is 1. The molecule has 1 aliphatic rings. The van der Waals surface area contributed by atoms with Crippen LogP contribution in [0, 0.1) is 23.0 Å². The van der Waals surface area contributed by atoms with Crippen LogP contribution < -0.4 is 5.32 Å². The molecule has 2 N–H and O–H groups in total. The summed E-state index contributed by atoms with van der Waals surface area (Å²) in [6.45, 7) is 3.71. The van der Waals surface area contributed by atoms with E-state index in [9.17, 15) is 13.9 Å². The van der Waals surface area contributed by atoms with Gasteiger partial charge in [0.15, 0.2) is 0 Å². The van der Waals surface area contributed by atoms with Gasteiger partial charge in [-0.05, 0) is 34.7 Å². The van der Waals surface area contributed by atoms with E-state index in [0.717, 1.165) is 5.56 Å². The standard InChI is InChI=1S/C20H20F2N2O/c1-11(2)14-7-15(21)19(16(22)8-14)12-3-5-13(6-4-12)20-17(9-23)24-18(20)10-25/h3-8,11,17-18,20,24-25H,10H2,1-2H3/t17-,18-,20-/m0/s1. The zero-order valence-electron chi connectivity index (χ0n) is 14.1. The minimum Gasteiger partial charge on any atom is -0.395 e. The summed E-state index contributed by atoms with van der Waals surface area (Å²) < 4.78 is 28.8. The summed E-state index contributed by atoms with van der Waals surface area (Å²) in [5, 5.41) is 21.4. The molecule has 0 aromatic heterocycles. The lowest BCUT2D eigenvalue weighted by Crippen LogP contribution is -2.60. The number of nitriles is 1. The fourth-order valence-corrected chi connectivity index (χ4v) is 3.33. The molecule has 1 aliphatic heterocycles. The summed E-state index contributed by atoms with van der Waals surface area (Å²) in [6, 6.07) is 11.2. The van der Waals surface area contributed by atoms with Crippen molar-refractivity contribution in [3.05, 3.63) is 59.2 Å². The van der Waals surface area contributed by atoms with Gasteiger partial charge in [0.25, 0.3) is 0 Å². The van der Waals surface area contributed by atoms with E-state index in [1.165, 1.54) is 12.1 Å². The van der Waals surface area contributed by atoms with Crippen LogP contribution in [0.4, 0.5) is 8.78 Å². The number of halogens is 2. The van der Waals surface area contributed by atoms with E-state index in [1.807, 2.05) is 13.8 Å². The second kappa shape index (κ2) is 6.91. The van der Waals surface area contributed by atoms with Crippen LogP contribution in [0.5, 0.6) is 0 Å². The van der Waals surface area contributed by atoms with Crippen LogP contribution in [-0.4, -0.2) is 23.8 Å². The Kier molecular flexibility index (Phi) is 4.85. The second-order valence-corrected chi connectivity index (χ2v) is 6.72. The maximum absolute atomic E-state index is 14.4. The van der Waals surface area contributed by atoms with Gasteiger partial charge >= 0.3 is 0 Å². The molecule has 1 heterocycles. The van der Waals surface area contributed by atoms with Gasteiger partial charge in [0, 0.05) is 12.0 Å². The number of rotatable bonds is 4. The predicted octanol–water partition coefficient (Wildman–Crippen LogP) is 3.70. The van der Waals surface area contributed by atoms with Gasteiger partial charge in [-0.15, -0.1) is 0 Å². The normalized spacial score (nSPS) is 22.5. The van der Waals surface area contributed by atoms with Crippen LogP contribution >= 0.6 is 0 Å². The van der Waals surface area contributed by atoms with E-state index in [0.29, 0.717) is 11.1 Å². The number of nitrogens with zero attached hydrogens (tertiary/aromatic N) is 1. The molecule has 3 rings (SSSR count). The molecule has 3 nitrogen and oxygen atoms in total. The van der Waals surface area contributed by atoms with E-state index in [1.54, 1.807) is 24.3 Å². The Morgan fingerprint density at radius 2 is 1.76 bits per heavy atom. The van der Waals surface area contributed by atoms with Gasteiger partial charge in [0.1, 0.15) is 17.7 Å². The molecule has 3 atom stereocenters. The van der Waals surface area contributed by atoms with Gasteiger partial charge in [0.2, 0.25) is 0 Å². The van der Waals surface area contributed by atoms with Crippen LogP contribution in [0.25, 0.3) is 11.1 Å². The second-order valence-electron chi connectivity index (χ2n) is 6.72. The highest BCUT2D eigenvalue weighted by atomic mass is 19.1. The fourth-order valence-electron chi connectivity index (χ4n) is 3.33. The molecule has 0 radical (unpaired) electrons. The lowest BCUT2D eigenvalue weighted by Gasteiger charge is -2.41. The molecule has 1 saturated heterocycles. The smallest absolute Gasteiger partial charge is 0.134 e. The molecule has 2 aromatic rings. The van der Waals surface area contributed by atoms with Crippen LogP contribution in [0.1, 0.15) is 36.8 Å². The number of hydrogen-bond acceptors (Lipinski definition) is 3. The average Bonchev–Trinajstić information content (AvgIpc) is 2.55. The number of hydrogen-bond donors (Lipinski definition) is 2. The summed E-state index contributed by atoms with van der Waals surface area (Å²) in [4.78, 5) is 0. The van der Waals surface area contributed by atoms with Crippen molar-refractivity contribution < 1.29 is 13.9 Å². The third-order valence-corrected chi connectivity index (χ3v) is 4.84. The molecular weight excluding hydrogens is 322 g/mol. The molecule has 25 heavy (non-hydrogen) atoms. The van der Waals surface area contributed by atoms with Crippen LogP contribution in [0.2, 0.25) is 0 Å². The summed E-state index contributed by atoms with van der Waals surface area (Å²) >= 11 is 0. The molecular formula is C20H20F2N2O. The Bertz CT molecular complexity index is 788. The summed E-state index contributed by atoms with van der Waals surface area (Å²) in [5.41, 5.74) is 1.90. The molecule has 130 valence electrons. The van der Waals surface area contributed by atoms with Gasteiger partial charge in [0.05, 0.1) is 18.2 Å². The Morgan fingerprint density at radius 3 is 2.24 bits per heavy atom. The third kappa shape index (κ3) is 3.15. The zero-order chi connectivity index (χ0) is 18.1. The maximum Gasteiger partial charge on any atom is 0.134 e. The van der Waals surface area contributed by atoms with Crippen LogP contribution in [-0.2, 0) is 0 Å². The lowest BCUT2D eigenvalue weighted by molar-refractivity contribution is 0.151. The number of benzene rings is 2. The van der Waals surface area contributed by atoms with E-state index >= 15 is 0 Å². The van der Waals surface area contributed by atoms with Crippen molar-refractivity contribution in [1.29, 1.82) is 5.26 Å². The molecule has 0 amide bonds. The first kappa shape index (κ1) is 17.5. The van der Waals surface area contributed by atoms with Gasteiger partial charge in [-0.25, -0.2) is 8.78 Å². The van der Waals surface area contributed by atoms with Gasteiger partial charge in [-0.2, -0.15) is 5.26 Å². The average molecular weight is 342 g/mol. The minimum absolute atomic E-state index is 0.0433. The first-order valence-electron chi connectivity index (χ1n) is 8.32. The van der Waals surface area contributed by atoms with Crippen molar-refractivity contribution in [3.8, 4) is 17.2 Å². The monoisotopic (exact) mass is 342 g/mol. The van der Waals surface area contributed by atoms with Crippen molar-refractivity contribution in [2.24, 2.45) is 0 Å². The summed E-state index contributed by atoms with van der Waals surface area (Å²) in [7, 11) is 0. The van der Waals surface area contributed by atoms with Gasteiger partial charge < -0.3 is 5.11 Å². The topological polar surface area (TPSA) is 56.0 Å².